The van der Waals surface area contributed by atoms with Crippen molar-refractivity contribution in [3.8, 4) is 34.2 Å². The molecule has 0 bridgehead atoms. The van der Waals surface area contributed by atoms with Gasteiger partial charge in [0.05, 0.1) is 26.0 Å². The van der Waals surface area contributed by atoms with E-state index in [-0.39, 0.29) is 5.91 Å². The SMILES string of the molecule is COc1cccc(NC(=O)C2(C)CCCn3c(-c4ccc(-c5cnc(C)o5)c(OC)c4)nnc32)c1. The number of anilines is 1. The maximum atomic E-state index is 13.4. The van der Waals surface area contributed by atoms with Crippen molar-refractivity contribution < 1.29 is 18.7 Å². The number of nitrogens with zero attached hydrogens (tertiary/aromatic N) is 4. The zero-order valence-electron chi connectivity index (χ0n) is 20.2. The van der Waals surface area contributed by atoms with Crippen LogP contribution < -0.4 is 14.8 Å². The maximum absolute atomic E-state index is 13.4. The Labute approximate surface area is 203 Å². The van der Waals surface area contributed by atoms with Crippen LogP contribution in [0.1, 0.15) is 31.5 Å². The molecule has 1 atom stereocenters. The van der Waals surface area contributed by atoms with Crippen LogP contribution in [0.15, 0.2) is 53.1 Å². The molecule has 1 amide bonds. The Balaban J connectivity index is 1.48. The number of aromatic nitrogens is 4. The Morgan fingerprint density at radius 2 is 2.00 bits per heavy atom. The summed E-state index contributed by atoms with van der Waals surface area (Å²) in [7, 11) is 3.21. The third-order valence-corrected chi connectivity index (χ3v) is 6.48. The lowest BCUT2D eigenvalue weighted by molar-refractivity contribution is -0.122. The highest BCUT2D eigenvalue weighted by molar-refractivity contribution is 5.98. The number of hydrogen-bond acceptors (Lipinski definition) is 7. The zero-order chi connectivity index (χ0) is 24.6. The Kier molecular flexibility index (Phi) is 5.76. The first-order chi connectivity index (χ1) is 16.9. The van der Waals surface area contributed by atoms with Crippen LogP contribution in [0.25, 0.3) is 22.7 Å². The third kappa shape index (κ3) is 4.03. The molecule has 0 aliphatic carbocycles. The fourth-order valence-electron chi connectivity index (χ4n) is 4.54. The van der Waals surface area contributed by atoms with Crippen LogP contribution in [-0.2, 0) is 16.8 Å². The normalized spacial score (nSPS) is 17.0. The van der Waals surface area contributed by atoms with Gasteiger partial charge < -0.3 is 23.8 Å². The summed E-state index contributed by atoms with van der Waals surface area (Å²) in [4.78, 5) is 17.6. The first kappa shape index (κ1) is 22.6. The van der Waals surface area contributed by atoms with Crippen molar-refractivity contribution in [3.63, 3.8) is 0 Å². The summed E-state index contributed by atoms with van der Waals surface area (Å²) < 4.78 is 18.6. The van der Waals surface area contributed by atoms with E-state index in [1.807, 2.05) is 47.9 Å². The molecule has 1 unspecified atom stereocenters. The summed E-state index contributed by atoms with van der Waals surface area (Å²) in [6, 6.07) is 13.1. The average Bonchev–Trinajstić information content (AvgIpc) is 3.51. The molecule has 0 spiro atoms. The number of amides is 1. The van der Waals surface area contributed by atoms with Crippen LogP contribution in [0.4, 0.5) is 5.69 Å². The van der Waals surface area contributed by atoms with Crippen molar-refractivity contribution >= 4 is 11.6 Å². The van der Waals surface area contributed by atoms with Crippen LogP contribution in [0.5, 0.6) is 11.5 Å². The van der Waals surface area contributed by atoms with Gasteiger partial charge in [0, 0.05) is 30.8 Å². The van der Waals surface area contributed by atoms with E-state index in [1.54, 1.807) is 33.4 Å². The Morgan fingerprint density at radius 1 is 1.14 bits per heavy atom. The van der Waals surface area contributed by atoms with E-state index in [1.165, 1.54) is 0 Å². The minimum Gasteiger partial charge on any atom is -0.497 e. The van der Waals surface area contributed by atoms with Gasteiger partial charge >= 0.3 is 0 Å². The molecule has 0 saturated heterocycles. The molecular weight excluding hydrogens is 446 g/mol. The lowest BCUT2D eigenvalue weighted by atomic mass is 9.81. The van der Waals surface area contributed by atoms with Gasteiger partial charge in [0.1, 0.15) is 22.7 Å². The number of carbonyl (C=O) groups excluding carboxylic acids is 1. The lowest BCUT2D eigenvalue weighted by Crippen LogP contribution is -2.42. The van der Waals surface area contributed by atoms with Gasteiger partial charge in [0.15, 0.2) is 17.5 Å². The molecule has 5 rings (SSSR count). The van der Waals surface area contributed by atoms with Crippen molar-refractivity contribution in [2.75, 3.05) is 19.5 Å². The number of benzene rings is 2. The van der Waals surface area contributed by atoms with Crippen molar-refractivity contribution in [2.45, 2.75) is 38.6 Å². The van der Waals surface area contributed by atoms with Crippen LogP contribution >= 0.6 is 0 Å². The molecule has 0 saturated carbocycles. The lowest BCUT2D eigenvalue weighted by Gasteiger charge is -2.32. The largest absolute Gasteiger partial charge is 0.497 e. The minimum atomic E-state index is -0.825. The Morgan fingerprint density at radius 3 is 2.74 bits per heavy atom. The molecular formula is C26H27N5O4. The molecule has 3 heterocycles. The number of aryl methyl sites for hydroxylation is 1. The predicted octanol–water partition coefficient (Wildman–Crippen LogP) is 4.62. The molecule has 1 aliphatic rings. The molecule has 0 fully saturated rings. The number of fused-ring (bicyclic) bond motifs is 1. The molecule has 35 heavy (non-hydrogen) atoms. The molecule has 9 nitrogen and oxygen atoms in total. The fourth-order valence-corrected chi connectivity index (χ4v) is 4.54. The summed E-state index contributed by atoms with van der Waals surface area (Å²) in [6.07, 6.45) is 3.18. The summed E-state index contributed by atoms with van der Waals surface area (Å²) in [6.45, 7) is 4.45. The molecule has 1 aliphatic heterocycles. The summed E-state index contributed by atoms with van der Waals surface area (Å²) >= 11 is 0. The van der Waals surface area contributed by atoms with Crippen molar-refractivity contribution in [1.29, 1.82) is 0 Å². The second-order valence-corrected chi connectivity index (χ2v) is 8.78. The highest BCUT2D eigenvalue weighted by Gasteiger charge is 2.43. The number of rotatable bonds is 6. The van der Waals surface area contributed by atoms with E-state index in [9.17, 15) is 4.79 Å². The van der Waals surface area contributed by atoms with Gasteiger partial charge in [-0.05, 0) is 44.0 Å². The molecule has 9 heteroatoms. The molecule has 1 N–H and O–H groups in total. The van der Waals surface area contributed by atoms with Gasteiger partial charge in [-0.2, -0.15) is 0 Å². The van der Waals surface area contributed by atoms with E-state index >= 15 is 0 Å². The number of ether oxygens (including phenoxy) is 2. The fraction of sp³-hybridized carbons (Fsp3) is 0.308. The molecule has 0 radical (unpaired) electrons. The Hall–Kier alpha value is -4.14. The van der Waals surface area contributed by atoms with Crippen LogP contribution in [0.2, 0.25) is 0 Å². The first-order valence-corrected chi connectivity index (χ1v) is 11.4. The summed E-state index contributed by atoms with van der Waals surface area (Å²) in [5.41, 5.74) is 1.50. The topological polar surface area (TPSA) is 104 Å². The average molecular weight is 474 g/mol. The standard InChI is InChI=1S/C26H27N5O4/c1-16-27-15-22(35-16)20-10-9-17(13-21(20)34-4)23-29-30-24-26(2,11-6-12-31(23)24)25(32)28-18-7-5-8-19(14-18)33-3/h5,7-10,13-15H,6,11-12H2,1-4H3,(H,28,32). The van der Waals surface area contributed by atoms with Crippen molar-refractivity contribution in [1.82, 2.24) is 19.7 Å². The Bertz CT molecular complexity index is 1390. The third-order valence-electron chi connectivity index (χ3n) is 6.48. The summed E-state index contributed by atoms with van der Waals surface area (Å²) in [5, 5.41) is 12.0. The van der Waals surface area contributed by atoms with Crippen LogP contribution in [-0.4, -0.2) is 39.9 Å². The van der Waals surface area contributed by atoms with E-state index in [4.69, 9.17) is 13.9 Å². The quantitative estimate of drug-likeness (QED) is 0.436. The van der Waals surface area contributed by atoms with Gasteiger partial charge in [-0.3, -0.25) is 4.79 Å². The van der Waals surface area contributed by atoms with E-state index < -0.39 is 5.41 Å². The number of carbonyl (C=O) groups is 1. The maximum Gasteiger partial charge on any atom is 0.238 e. The number of nitrogens with one attached hydrogen (secondary N) is 1. The smallest absolute Gasteiger partial charge is 0.238 e. The molecule has 180 valence electrons. The van der Waals surface area contributed by atoms with Crippen LogP contribution in [0.3, 0.4) is 0 Å². The molecule has 2 aromatic heterocycles. The van der Waals surface area contributed by atoms with Gasteiger partial charge in [-0.25, -0.2) is 4.98 Å². The zero-order valence-corrected chi connectivity index (χ0v) is 20.2. The second-order valence-electron chi connectivity index (χ2n) is 8.78. The van der Waals surface area contributed by atoms with Gasteiger partial charge in [0.25, 0.3) is 0 Å². The molecule has 2 aromatic carbocycles. The van der Waals surface area contributed by atoms with E-state index in [0.717, 1.165) is 24.1 Å². The monoisotopic (exact) mass is 473 g/mol. The number of hydrogen-bond donors (Lipinski definition) is 1. The highest BCUT2D eigenvalue weighted by Crippen LogP contribution is 2.39. The van der Waals surface area contributed by atoms with Crippen molar-refractivity contribution in [2.24, 2.45) is 0 Å². The summed E-state index contributed by atoms with van der Waals surface area (Å²) in [5.74, 6) is 3.76. The van der Waals surface area contributed by atoms with Crippen molar-refractivity contribution in [3.05, 3.63) is 60.4 Å². The van der Waals surface area contributed by atoms with Crippen LogP contribution in [0, 0.1) is 6.92 Å². The minimum absolute atomic E-state index is 0.126. The second kappa shape index (κ2) is 8.90. The molecule has 4 aromatic rings. The number of oxazole rings is 1. The van der Waals surface area contributed by atoms with E-state index in [2.05, 4.69) is 20.5 Å². The van der Waals surface area contributed by atoms with E-state index in [0.29, 0.717) is 46.9 Å². The number of methoxy groups -OCH3 is 2. The first-order valence-electron chi connectivity index (χ1n) is 11.4. The predicted molar refractivity (Wildman–Crippen MR) is 130 cm³/mol. The highest BCUT2D eigenvalue weighted by atomic mass is 16.5. The van der Waals surface area contributed by atoms with Gasteiger partial charge in [0.2, 0.25) is 5.91 Å². The van der Waals surface area contributed by atoms with Gasteiger partial charge in [-0.15, -0.1) is 10.2 Å². The van der Waals surface area contributed by atoms with Gasteiger partial charge in [-0.1, -0.05) is 12.1 Å².